The van der Waals surface area contributed by atoms with Gasteiger partial charge < -0.3 is 0 Å². The summed E-state index contributed by atoms with van der Waals surface area (Å²) in [6, 6.07) is 0. The lowest BCUT2D eigenvalue weighted by Crippen LogP contribution is -2.02. The van der Waals surface area contributed by atoms with E-state index in [0.29, 0.717) is 0 Å². The van der Waals surface area contributed by atoms with Crippen molar-refractivity contribution in [2.45, 2.75) is 0 Å². The standard InChI is InChI=1S/ClH2NO2S2/c1-2-6(3,4)5/h2H,(H,3,4,5). The fraction of sp³-hybridized carbons (Fsp3) is 0. The summed E-state index contributed by atoms with van der Waals surface area (Å²) in [6.07, 6.45) is 0. The zero-order chi connectivity index (χ0) is 5.21. The zero-order valence-corrected chi connectivity index (χ0v) is 5.02. The molecule has 6 heteroatoms. The molecule has 0 bridgehead atoms. The van der Waals surface area contributed by atoms with Crippen molar-refractivity contribution in [2.75, 3.05) is 0 Å². The van der Waals surface area contributed by atoms with Gasteiger partial charge in [-0.15, -0.1) is 4.24 Å². The quantitative estimate of drug-likeness (QED) is 0.309. The minimum atomic E-state index is -3.45. The first kappa shape index (κ1) is 6.55. The number of nitrogens with one attached hydrogen (secondary N) is 1. The van der Waals surface area contributed by atoms with Crippen molar-refractivity contribution in [3.8, 4) is 0 Å². The van der Waals surface area contributed by atoms with Gasteiger partial charge in [0.1, 0.15) is 0 Å². The second kappa shape index (κ2) is 2.02. The minimum absolute atomic E-state index is 1.41. The molecule has 0 aliphatic carbocycles. The molecule has 0 spiro atoms. The van der Waals surface area contributed by atoms with E-state index in [-0.39, 0.29) is 0 Å². The second-order valence-corrected chi connectivity index (χ2v) is 3.56. The van der Waals surface area contributed by atoms with Crippen LogP contribution in [0.15, 0.2) is 0 Å². The Morgan fingerprint density at radius 3 is 1.83 bits per heavy atom. The molecule has 1 N–H and O–H groups in total. The first-order valence-corrected chi connectivity index (χ1v) is 3.82. The van der Waals surface area contributed by atoms with E-state index >= 15 is 0 Å². The van der Waals surface area contributed by atoms with Crippen molar-refractivity contribution in [1.29, 1.82) is 0 Å². The number of rotatable bonds is 1. The predicted molar refractivity (Wildman–Crippen MR) is 26.9 cm³/mol. The van der Waals surface area contributed by atoms with E-state index in [2.05, 4.69) is 23.4 Å². The Hall–Kier alpha value is 0.550. The predicted octanol–water partition coefficient (Wildman–Crippen LogP) is -0.0956. The summed E-state index contributed by atoms with van der Waals surface area (Å²) < 4.78 is 20.7. The highest BCUT2D eigenvalue weighted by atomic mass is 35.5. The highest BCUT2D eigenvalue weighted by Gasteiger charge is 1.92. The number of thiol groups is 1. The van der Waals surface area contributed by atoms with Crippen LogP contribution in [0.1, 0.15) is 0 Å². The lowest BCUT2D eigenvalue weighted by Gasteiger charge is -1.80. The van der Waals surface area contributed by atoms with E-state index in [4.69, 9.17) is 0 Å². The van der Waals surface area contributed by atoms with Crippen LogP contribution in [-0.4, -0.2) is 8.42 Å². The Morgan fingerprint density at radius 2 is 1.83 bits per heavy atom. The molecular formula is H2ClNO2S2. The summed E-state index contributed by atoms with van der Waals surface area (Å²) in [5.41, 5.74) is 0. The molecule has 0 saturated heterocycles. The van der Waals surface area contributed by atoms with Crippen molar-refractivity contribution in [3.63, 3.8) is 0 Å². The molecule has 0 atom stereocenters. The summed E-state index contributed by atoms with van der Waals surface area (Å²) in [5.74, 6) is 0. The van der Waals surface area contributed by atoms with E-state index in [9.17, 15) is 8.42 Å². The van der Waals surface area contributed by atoms with Gasteiger partial charge in [-0.05, 0) is 23.4 Å². The van der Waals surface area contributed by atoms with E-state index in [1.54, 1.807) is 0 Å². The third-order valence-electron chi connectivity index (χ3n) is 0.0975. The van der Waals surface area contributed by atoms with Crippen LogP contribution in [-0.2, 0) is 9.06 Å². The second-order valence-electron chi connectivity index (χ2n) is 0.552. The first-order valence-electron chi connectivity index (χ1n) is 0.909. The molecule has 0 aromatic rings. The van der Waals surface area contributed by atoms with Gasteiger partial charge in [0.05, 0.1) is 0 Å². The van der Waals surface area contributed by atoms with Crippen molar-refractivity contribution in [1.82, 2.24) is 4.24 Å². The molecule has 0 unspecified atom stereocenters. The maximum absolute atomic E-state index is 9.62. The smallest absolute Gasteiger partial charge is 0.200 e. The van der Waals surface area contributed by atoms with Gasteiger partial charge in [-0.3, -0.25) is 0 Å². The largest absolute Gasteiger partial charge is 0.275 e. The Kier molecular flexibility index (Phi) is 2.20. The Bertz CT molecular complexity index is 114. The van der Waals surface area contributed by atoms with Crippen LogP contribution >= 0.6 is 23.4 Å². The molecule has 38 valence electrons. The maximum Gasteiger partial charge on any atom is 0.275 e. The summed E-state index contributed by atoms with van der Waals surface area (Å²) >= 11 is 7.55. The topological polar surface area (TPSA) is 46.2 Å². The lowest BCUT2D eigenvalue weighted by molar-refractivity contribution is 0.609. The van der Waals surface area contributed by atoms with E-state index < -0.39 is 9.06 Å². The van der Waals surface area contributed by atoms with Crippen LogP contribution in [0.3, 0.4) is 0 Å². The molecule has 0 aromatic heterocycles. The van der Waals surface area contributed by atoms with Gasteiger partial charge in [0, 0.05) is 0 Å². The molecule has 0 aromatic carbocycles. The minimum Gasteiger partial charge on any atom is -0.200 e. The Balaban J connectivity index is 3.85. The molecule has 6 heavy (non-hydrogen) atoms. The van der Waals surface area contributed by atoms with E-state index in [1.807, 2.05) is 0 Å². The van der Waals surface area contributed by atoms with Crippen LogP contribution in [0.4, 0.5) is 0 Å². The number of hydrogen-bond acceptors (Lipinski definition) is 2. The van der Waals surface area contributed by atoms with Gasteiger partial charge >= 0.3 is 0 Å². The normalized spacial score (nSPS) is 11.7. The van der Waals surface area contributed by atoms with Crippen molar-refractivity contribution in [2.24, 2.45) is 0 Å². The average Bonchev–Trinajstić information content (AvgIpc) is 1.35. The highest BCUT2D eigenvalue weighted by Crippen LogP contribution is 1.86. The molecule has 3 nitrogen and oxygen atoms in total. The van der Waals surface area contributed by atoms with Crippen molar-refractivity contribution >= 4 is 32.5 Å². The van der Waals surface area contributed by atoms with Gasteiger partial charge in [-0.25, -0.2) is 0 Å². The van der Waals surface area contributed by atoms with Crippen LogP contribution in [0.5, 0.6) is 0 Å². The highest BCUT2D eigenvalue weighted by molar-refractivity contribution is 8.62. The van der Waals surface area contributed by atoms with Crippen LogP contribution < -0.4 is 4.24 Å². The van der Waals surface area contributed by atoms with Gasteiger partial charge in [0.25, 0.3) is 9.06 Å². The van der Waals surface area contributed by atoms with Gasteiger partial charge in [0.2, 0.25) is 0 Å². The SMILES string of the molecule is O=S(=O)(S)NCl. The summed E-state index contributed by atoms with van der Waals surface area (Å²) in [5, 5.41) is 0. The van der Waals surface area contributed by atoms with Gasteiger partial charge in [-0.1, -0.05) is 0 Å². The molecule has 0 radical (unpaired) electrons. The average molecular weight is 148 g/mol. The molecule has 0 fully saturated rings. The maximum atomic E-state index is 9.62. The molecule has 0 aliphatic rings. The third-order valence-corrected chi connectivity index (χ3v) is 1.50. The van der Waals surface area contributed by atoms with Crippen LogP contribution in [0, 0.1) is 0 Å². The first-order chi connectivity index (χ1) is 2.56. The molecular weight excluding hydrogens is 146 g/mol. The third kappa shape index (κ3) is 4.55. The number of halogens is 1. The number of hydrogen-bond donors (Lipinski definition) is 2. The molecule has 0 aliphatic heterocycles. The molecule has 0 heterocycles. The fourth-order valence-corrected chi connectivity index (χ4v) is 0. The summed E-state index contributed by atoms with van der Waals surface area (Å²) in [4.78, 5) is 0. The lowest BCUT2D eigenvalue weighted by atomic mass is 13.9. The van der Waals surface area contributed by atoms with Gasteiger partial charge in [-0.2, -0.15) is 8.42 Å². The summed E-state index contributed by atoms with van der Waals surface area (Å²) in [7, 11) is -3.45. The Morgan fingerprint density at radius 1 is 1.67 bits per heavy atom. The van der Waals surface area contributed by atoms with Crippen molar-refractivity contribution < 1.29 is 8.42 Å². The fourth-order valence-electron chi connectivity index (χ4n) is 0. The van der Waals surface area contributed by atoms with Crippen LogP contribution in [0.2, 0.25) is 0 Å². The zero-order valence-electron chi connectivity index (χ0n) is 2.55. The molecule has 0 saturated carbocycles. The van der Waals surface area contributed by atoms with Gasteiger partial charge in [0.15, 0.2) is 0 Å². The monoisotopic (exact) mass is 147 g/mol. The molecule has 0 rings (SSSR count). The molecule has 0 amide bonds. The van der Waals surface area contributed by atoms with Crippen molar-refractivity contribution in [3.05, 3.63) is 0 Å². The van der Waals surface area contributed by atoms with E-state index in [0.717, 1.165) is 0 Å². The van der Waals surface area contributed by atoms with E-state index in [1.165, 1.54) is 4.24 Å². The summed E-state index contributed by atoms with van der Waals surface area (Å²) in [6.45, 7) is 0. The Labute approximate surface area is 45.7 Å². The van der Waals surface area contributed by atoms with Crippen LogP contribution in [0.25, 0.3) is 0 Å².